The Hall–Kier alpha value is -3.81. The van der Waals surface area contributed by atoms with Crippen LogP contribution in [0.3, 0.4) is 0 Å². The Labute approximate surface area is 290 Å². The van der Waals surface area contributed by atoms with Crippen molar-refractivity contribution in [3.05, 3.63) is 59.3 Å². The van der Waals surface area contributed by atoms with Crippen LogP contribution in [0.2, 0.25) is 0 Å². The highest BCUT2D eigenvalue weighted by molar-refractivity contribution is 7.92. The number of thiophene rings is 1. The van der Waals surface area contributed by atoms with Gasteiger partial charge in [-0.3, -0.25) is 9.97 Å². The molecule has 49 heavy (non-hydrogen) atoms. The topological polar surface area (TPSA) is 146 Å². The molecule has 3 aliphatic rings. The molecule has 0 amide bonds. The van der Waals surface area contributed by atoms with Gasteiger partial charge >= 0.3 is 0 Å². The number of rotatable bonds is 8. The largest absolute Gasteiger partial charge is 0.421 e. The van der Waals surface area contributed by atoms with E-state index in [0.717, 1.165) is 64.4 Å². The molecule has 0 aromatic carbocycles. The molecule has 1 saturated heterocycles. The number of anilines is 1. The van der Waals surface area contributed by atoms with E-state index >= 15 is 0 Å². The number of pyridine rings is 2. The summed E-state index contributed by atoms with van der Waals surface area (Å²) in [4.78, 5) is 20.1. The second-order valence-electron chi connectivity index (χ2n) is 14.2. The zero-order valence-electron chi connectivity index (χ0n) is 28.4. The Morgan fingerprint density at radius 1 is 1.08 bits per heavy atom. The van der Waals surface area contributed by atoms with Gasteiger partial charge < -0.3 is 14.5 Å². The van der Waals surface area contributed by atoms with Crippen LogP contribution in [0.1, 0.15) is 93.9 Å². The number of aromatic nitrogens is 6. The quantitative estimate of drug-likeness (QED) is 0.174. The fourth-order valence-electron chi connectivity index (χ4n) is 8.08. The number of nitrogens with one attached hydrogen (secondary N) is 1. The molecule has 5 aromatic heterocycles. The number of ether oxygens (including phenoxy) is 1. The summed E-state index contributed by atoms with van der Waals surface area (Å²) in [5.74, 6) is 1.76. The SMILES string of the molecule is Cc1nnc(-c2c(CCC3CC(C)OC(C)C3)nc3c(c2-c2cc4ncnc(N[C@@H]5CCc6ncccc65)c4s2)S(=O)(=O)C[C@@H]3C(C)C)o1. The van der Waals surface area contributed by atoms with Crippen LogP contribution in [0.15, 0.2) is 40.0 Å². The van der Waals surface area contributed by atoms with Gasteiger partial charge in [0.15, 0.2) is 9.84 Å². The van der Waals surface area contributed by atoms with Crippen molar-refractivity contribution in [3.8, 4) is 21.9 Å². The van der Waals surface area contributed by atoms with Gasteiger partial charge in [-0.05, 0) is 81.9 Å². The van der Waals surface area contributed by atoms with Crippen molar-refractivity contribution in [3.63, 3.8) is 0 Å². The molecule has 0 saturated carbocycles. The van der Waals surface area contributed by atoms with Crippen molar-refractivity contribution in [2.24, 2.45) is 11.8 Å². The van der Waals surface area contributed by atoms with Crippen LogP contribution in [-0.2, 0) is 27.4 Å². The first-order valence-corrected chi connectivity index (χ1v) is 19.7. The van der Waals surface area contributed by atoms with E-state index in [4.69, 9.17) is 14.1 Å². The van der Waals surface area contributed by atoms with E-state index in [1.807, 2.05) is 18.3 Å². The van der Waals surface area contributed by atoms with E-state index in [9.17, 15) is 8.42 Å². The van der Waals surface area contributed by atoms with Crippen LogP contribution in [0.4, 0.5) is 5.82 Å². The summed E-state index contributed by atoms with van der Waals surface area (Å²) in [5.41, 5.74) is 5.65. The molecule has 0 spiro atoms. The van der Waals surface area contributed by atoms with E-state index in [1.165, 1.54) is 16.9 Å². The molecule has 8 rings (SSSR count). The van der Waals surface area contributed by atoms with Crippen molar-refractivity contribution >= 4 is 37.2 Å². The number of fused-ring (bicyclic) bond motifs is 3. The number of hydrogen-bond donors (Lipinski definition) is 1. The van der Waals surface area contributed by atoms with Crippen LogP contribution in [-0.4, -0.2) is 56.5 Å². The third kappa shape index (κ3) is 5.93. The molecule has 2 aliphatic heterocycles. The number of nitrogens with zero attached hydrogens (tertiary/aromatic N) is 6. The van der Waals surface area contributed by atoms with Crippen LogP contribution >= 0.6 is 11.3 Å². The van der Waals surface area contributed by atoms with Gasteiger partial charge in [0.2, 0.25) is 11.8 Å². The van der Waals surface area contributed by atoms with Gasteiger partial charge in [-0.15, -0.1) is 21.5 Å². The van der Waals surface area contributed by atoms with Gasteiger partial charge in [0.1, 0.15) is 12.1 Å². The molecule has 1 N–H and O–H groups in total. The first-order chi connectivity index (χ1) is 23.6. The van der Waals surface area contributed by atoms with Crippen LogP contribution in [0, 0.1) is 18.8 Å². The average Bonchev–Trinajstić information content (AvgIpc) is 3.84. The van der Waals surface area contributed by atoms with Crippen molar-refractivity contribution in [1.82, 2.24) is 30.1 Å². The minimum atomic E-state index is -3.69. The summed E-state index contributed by atoms with van der Waals surface area (Å²) in [6.07, 6.45) is 9.11. The van der Waals surface area contributed by atoms with Crippen molar-refractivity contribution < 1.29 is 17.6 Å². The highest BCUT2D eigenvalue weighted by Gasteiger charge is 2.43. The normalized spacial score (nSPS) is 24.4. The Morgan fingerprint density at radius 3 is 2.65 bits per heavy atom. The Kier molecular flexibility index (Phi) is 8.27. The van der Waals surface area contributed by atoms with E-state index in [2.05, 4.69) is 64.2 Å². The lowest BCUT2D eigenvalue weighted by molar-refractivity contribution is -0.0533. The zero-order chi connectivity index (χ0) is 34.0. The van der Waals surface area contributed by atoms with Gasteiger partial charge in [-0.25, -0.2) is 18.4 Å². The second kappa shape index (κ2) is 12.5. The third-order valence-corrected chi connectivity index (χ3v) is 13.3. The Morgan fingerprint density at radius 2 is 1.90 bits per heavy atom. The van der Waals surface area contributed by atoms with Crippen molar-refractivity contribution in [1.29, 1.82) is 0 Å². The molecule has 1 fully saturated rings. The molecule has 256 valence electrons. The maximum atomic E-state index is 14.2. The van der Waals surface area contributed by atoms with Crippen LogP contribution < -0.4 is 5.32 Å². The monoisotopic (exact) mass is 699 g/mol. The van der Waals surface area contributed by atoms with Crippen LogP contribution in [0.5, 0.6) is 0 Å². The molecule has 13 heteroatoms. The number of sulfone groups is 1. The lowest BCUT2D eigenvalue weighted by Gasteiger charge is -2.32. The minimum absolute atomic E-state index is 0.0212. The molecule has 11 nitrogen and oxygen atoms in total. The van der Waals surface area contributed by atoms with Gasteiger partial charge in [0.25, 0.3) is 0 Å². The molecular formula is C36H41N7O4S2. The highest BCUT2D eigenvalue weighted by atomic mass is 32.2. The van der Waals surface area contributed by atoms with Crippen LogP contribution in [0.25, 0.3) is 32.1 Å². The third-order valence-electron chi connectivity index (χ3n) is 10.3. The molecule has 0 radical (unpaired) electrons. The fourth-order valence-corrected chi connectivity index (χ4v) is 11.5. The molecule has 4 atom stereocenters. The first-order valence-electron chi connectivity index (χ1n) is 17.3. The van der Waals surface area contributed by atoms with Crippen molar-refractivity contribution in [2.45, 2.75) is 102 Å². The molecule has 1 aliphatic carbocycles. The summed E-state index contributed by atoms with van der Waals surface area (Å²) in [6, 6.07) is 6.13. The van der Waals surface area contributed by atoms with E-state index < -0.39 is 9.84 Å². The standard InChI is InChI=1S/C36H41N7O4S2/c1-18(2)24-16-49(44,45)34-31(29-15-28-33(48-29)35(39-17-38-28)41-26-11-10-25-23(26)7-6-12-37-25)30(36-43-42-21(5)47-36)27(40-32(24)34)9-8-22-13-19(3)46-20(4)14-22/h6-7,12,15,17-20,22,24,26H,8-11,13-14,16H2,1-5H3,(H,38,39,41)/t19?,20?,22?,24-,26-/m1/s1. The second-order valence-corrected chi connectivity index (χ2v) is 17.3. The van der Waals surface area contributed by atoms with Gasteiger partial charge in [0.05, 0.1) is 56.1 Å². The Balaban J connectivity index is 1.30. The molecule has 7 heterocycles. The molecule has 0 bridgehead atoms. The summed E-state index contributed by atoms with van der Waals surface area (Å²) >= 11 is 1.49. The maximum Gasteiger partial charge on any atom is 0.250 e. The van der Waals surface area contributed by atoms with Gasteiger partial charge in [-0.2, -0.15) is 0 Å². The summed E-state index contributed by atoms with van der Waals surface area (Å²) < 4.78 is 41.4. The average molecular weight is 700 g/mol. The summed E-state index contributed by atoms with van der Waals surface area (Å²) in [5, 5.41) is 12.3. The lowest BCUT2D eigenvalue weighted by atomic mass is 9.86. The van der Waals surface area contributed by atoms with E-state index in [1.54, 1.807) is 13.3 Å². The smallest absolute Gasteiger partial charge is 0.250 e. The van der Waals surface area contributed by atoms with Gasteiger partial charge in [-0.1, -0.05) is 19.9 Å². The predicted octanol–water partition coefficient (Wildman–Crippen LogP) is 7.27. The fraction of sp³-hybridized carbons (Fsp3) is 0.500. The first kappa shape index (κ1) is 32.4. The number of aryl methyl sites for hydroxylation is 3. The summed E-state index contributed by atoms with van der Waals surface area (Å²) in [7, 11) is -3.69. The van der Waals surface area contributed by atoms with E-state index in [-0.39, 0.29) is 46.6 Å². The molecule has 2 unspecified atom stereocenters. The minimum Gasteiger partial charge on any atom is -0.421 e. The predicted molar refractivity (Wildman–Crippen MR) is 188 cm³/mol. The Bertz CT molecular complexity index is 2150. The van der Waals surface area contributed by atoms with Gasteiger partial charge in [0, 0.05) is 35.2 Å². The zero-order valence-corrected chi connectivity index (χ0v) is 30.1. The number of hydrogen-bond acceptors (Lipinski definition) is 12. The molecular weight excluding hydrogens is 659 g/mol. The van der Waals surface area contributed by atoms with E-state index in [0.29, 0.717) is 35.1 Å². The summed E-state index contributed by atoms with van der Waals surface area (Å²) in [6.45, 7) is 10.2. The lowest BCUT2D eigenvalue weighted by Crippen LogP contribution is -2.29. The highest BCUT2D eigenvalue weighted by Crippen LogP contribution is 2.51. The van der Waals surface area contributed by atoms with Crippen molar-refractivity contribution in [2.75, 3.05) is 11.1 Å². The molecule has 5 aromatic rings. The maximum absolute atomic E-state index is 14.2.